The predicted molar refractivity (Wildman–Crippen MR) is 132 cm³/mol. The maximum Gasteiger partial charge on any atom is 0.255 e. The van der Waals surface area contributed by atoms with Gasteiger partial charge < -0.3 is 9.64 Å². The number of rotatable bonds is 7. The zero-order valence-corrected chi connectivity index (χ0v) is 20.7. The van der Waals surface area contributed by atoms with Gasteiger partial charge in [0.2, 0.25) is 11.8 Å². The van der Waals surface area contributed by atoms with Crippen molar-refractivity contribution in [1.82, 2.24) is 29.9 Å². The Morgan fingerprint density at radius 3 is 2.63 bits per heavy atom. The number of carbonyl (C=O) groups excluding carboxylic acids is 3. The second-order valence-corrected chi connectivity index (χ2v) is 9.80. The van der Waals surface area contributed by atoms with Crippen LogP contribution in [0.15, 0.2) is 42.5 Å². The normalized spacial score (nSPS) is 19.3. The van der Waals surface area contributed by atoms with Gasteiger partial charge in [0.15, 0.2) is 12.5 Å². The lowest BCUT2D eigenvalue weighted by atomic mass is 10.0. The van der Waals surface area contributed by atoms with Crippen LogP contribution in [-0.2, 0) is 49.0 Å². The molecule has 4 heterocycles. The number of benzene rings is 2. The molecule has 3 aromatic rings. The van der Waals surface area contributed by atoms with E-state index in [1.54, 1.807) is 16.8 Å². The van der Waals surface area contributed by atoms with E-state index >= 15 is 0 Å². The lowest BCUT2D eigenvalue weighted by molar-refractivity contribution is -0.136. The van der Waals surface area contributed by atoms with E-state index in [1.165, 1.54) is 4.90 Å². The van der Waals surface area contributed by atoms with Crippen LogP contribution in [0.25, 0.3) is 0 Å². The van der Waals surface area contributed by atoms with Crippen molar-refractivity contribution in [2.75, 3.05) is 6.54 Å². The molecular formula is C27H27FN6O4. The molecule has 0 bridgehead atoms. The molecule has 1 N–H and O–H groups in total. The Hall–Kier alpha value is -4.12. The zero-order chi connectivity index (χ0) is 26.2. The van der Waals surface area contributed by atoms with Crippen LogP contribution in [-0.4, -0.2) is 54.9 Å². The zero-order valence-electron chi connectivity index (χ0n) is 20.7. The summed E-state index contributed by atoms with van der Waals surface area (Å²) < 4.78 is 20.8. The standard InChI is InChI=1S/C27H27FN6O4/c28-12-23-29-24-15-32(10-11-34(24)31-23)13-17-4-6-18(7-5-17)16-38-22-3-1-2-19-20(22)14-33(27(19)37)21-8-9-25(35)30-26(21)36/h1-7,21H,8-16H2,(H,30,35,36). The van der Waals surface area contributed by atoms with Gasteiger partial charge in [-0.1, -0.05) is 30.3 Å². The molecule has 3 aliphatic heterocycles. The highest BCUT2D eigenvalue weighted by Crippen LogP contribution is 2.34. The van der Waals surface area contributed by atoms with Gasteiger partial charge in [-0.05, 0) is 29.7 Å². The van der Waals surface area contributed by atoms with Gasteiger partial charge in [0, 0.05) is 30.6 Å². The number of fused-ring (bicyclic) bond motifs is 2. The highest BCUT2D eigenvalue weighted by atomic mass is 19.1. The molecule has 1 aromatic heterocycles. The van der Waals surface area contributed by atoms with Crippen molar-refractivity contribution in [2.24, 2.45) is 0 Å². The third-order valence-electron chi connectivity index (χ3n) is 7.27. The third-order valence-corrected chi connectivity index (χ3v) is 7.27. The van der Waals surface area contributed by atoms with Crippen molar-refractivity contribution in [2.45, 2.75) is 58.3 Å². The number of hydrogen-bond acceptors (Lipinski definition) is 7. The van der Waals surface area contributed by atoms with Crippen LogP contribution < -0.4 is 10.1 Å². The topological polar surface area (TPSA) is 110 Å². The first-order valence-electron chi connectivity index (χ1n) is 12.7. The fourth-order valence-corrected chi connectivity index (χ4v) is 5.28. The molecule has 0 radical (unpaired) electrons. The average Bonchev–Trinajstić information content (AvgIpc) is 3.49. The van der Waals surface area contributed by atoms with Gasteiger partial charge in [-0.15, -0.1) is 0 Å². The summed E-state index contributed by atoms with van der Waals surface area (Å²) in [5, 5.41) is 6.49. The molecule has 1 saturated heterocycles. The summed E-state index contributed by atoms with van der Waals surface area (Å²) in [6.45, 7) is 2.85. The Morgan fingerprint density at radius 2 is 1.84 bits per heavy atom. The van der Waals surface area contributed by atoms with Crippen LogP contribution in [0.5, 0.6) is 5.75 Å². The number of nitrogens with one attached hydrogen (secondary N) is 1. The Kier molecular flexibility index (Phi) is 6.36. The highest BCUT2D eigenvalue weighted by molar-refractivity contribution is 6.05. The SMILES string of the molecule is O=C1CCC(N2Cc3c(OCc4ccc(CN5CCn6nc(CF)nc6C5)cc4)cccc3C2=O)C(=O)N1. The summed E-state index contributed by atoms with van der Waals surface area (Å²) in [6, 6.07) is 12.9. The Labute approximate surface area is 218 Å². The monoisotopic (exact) mass is 518 g/mol. The fourth-order valence-electron chi connectivity index (χ4n) is 5.28. The second kappa shape index (κ2) is 9.97. The van der Waals surface area contributed by atoms with E-state index in [-0.39, 0.29) is 30.6 Å². The molecule has 3 amide bonds. The van der Waals surface area contributed by atoms with E-state index < -0.39 is 18.6 Å². The van der Waals surface area contributed by atoms with Crippen LogP contribution in [0, 0.1) is 0 Å². The minimum absolute atomic E-state index is 0.218. The molecular weight excluding hydrogens is 491 g/mol. The van der Waals surface area contributed by atoms with E-state index in [0.717, 1.165) is 35.6 Å². The van der Waals surface area contributed by atoms with Crippen molar-refractivity contribution >= 4 is 17.7 Å². The van der Waals surface area contributed by atoms with Crippen molar-refractivity contribution in [3.8, 4) is 5.75 Å². The van der Waals surface area contributed by atoms with Gasteiger partial charge in [-0.3, -0.25) is 24.6 Å². The maximum absolute atomic E-state index is 13.0. The molecule has 2 aromatic carbocycles. The van der Waals surface area contributed by atoms with Gasteiger partial charge in [0.1, 0.15) is 24.2 Å². The fraction of sp³-hybridized carbons (Fsp3) is 0.370. The molecule has 0 spiro atoms. The van der Waals surface area contributed by atoms with E-state index in [0.29, 0.717) is 37.4 Å². The van der Waals surface area contributed by atoms with E-state index in [4.69, 9.17) is 4.74 Å². The summed E-state index contributed by atoms with van der Waals surface area (Å²) in [4.78, 5) is 44.9. The van der Waals surface area contributed by atoms with Crippen molar-refractivity contribution in [3.63, 3.8) is 0 Å². The first-order chi connectivity index (χ1) is 18.5. The van der Waals surface area contributed by atoms with Crippen LogP contribution in [0.4, 0.5) is 4.39 Å². The molecule has 11 heteroatoms. The quantitative estimate of drug-likeness (QED) is 0.477. The number of piperidine rings is 1. The minimum atomic E-state index is -0.657. The molecule has 6 rings (SSSR count). The molecule has 3 aliphatic rings. The predicted octanol–water partition coefficient (Wildman–Crippen LogP) is 2.10. The third kappa shape index (κ3) is 4.65. The van der Waals surface area contributed by atoms with Crippen molar-refractivity contribution in [1.29, 1.82) is 0 Å². The number of hydrogen-bond donors (Lipinski definition) is 1. The lowest BCUT2D eigenvalue weighted by Crippen LogP contribution is -2.52. The smallest absolute Gasteiger partial charge is 0.255 e. The van der Waals surface area contributed by atoms with Crippen LogP contribution >= 0.6 is 0 Å². The number of imide groups is 1. The lowest BCUT2D eigenvalue weighted by Gasteiger charge is -2.29. The Morgan fingerprint density at radius 1 is 1.03 bits per heavy atom. The number of ether oxygens (including phenoxy) is 1. The van der Waals surface area contributed by atoms with Gasteiger partial charge in [0.05, 0.1) is 19.6 Å². The minimum Gasteiger partial charge on any atom is -0.489 e. The largest absolute Gasteiger partial charge is 0.489 e. The highest BCUT2D eigenvalue weighted by Gasteiger charge is 2.40. The average molecular weight is 519 g/mol. The van der Waals surface area contributed by atoms with Crippen molar-refractivity contribution < 1.29 is 23.5 Å². The van der Waals surface area contributed by atoms with Crippen LogP contribution in [0.3, 0.4) is 0 Å². The number of alkyl halides is 1. The van der Waals surface area contributed by atoms with Gasteiger partial charge in [0.25, 0.3) is 5.91 Å². The summed E-state index contributed by atoms with van der Waals surface area (Å²) in [6.07, 6.45) is 0.540. The van der Waals surface area contributed by atoms with Gasteiger partial charge in [-0.25, -0.2) is 14.1 Å². The van der Waals surface area contributed by atoms with E-state index in [9.17, 15) is 18.8 Å². The maximum atomic E-state index is 13.0. The summed E-state index contributed by atoms with van der Waals surface area (Å²) in [5.41, 5.74) is 3.42. The number of nitrogens with zero attached hydrogens (tertiary/aromatic N) is 5. The van der Waals surface area contributed by atoms with Crippen molar-refractivity contribution in [3.05, 3.63) is 76.4 Å². The van der Waals surface area contributed by atoms with E-state index in [2.05, 4.69) is 32.4 Å². The summed E-state index contributed by atoms with van der Waals surface area (Å²) in [5.74, 6) is 0.683. The molecule has 1 unspecified atom stereocenters. The number of aromatic nitrogens is 3. The molecule has 10 nitrogen and oxygen atoms in total. The second-order valence-electron chi connectivity index (χ2n) is 9.80. The molecule has 0 saturated carbocycles. The molecule has 0 aliphatic carbocycles. The van der Waals surface area contributed by atoms with Gasteiger partial charge in [-0.2, -0.15) is 5.10 Å². The number of halogens is 1. The molecule has 38 heavy (non-hydrogen) atoms. The summed E-state index contributed by atoms with van der Waals surface area (Å²) >= 11 is 0. The van der Waals surface area contributed by atoms with Crippen LogP contribution in [0.1, 0.15) is 51.5 Å². The van der Waals surface area contributed by atoms with E-state index in [1.807, 2.05) is 18.2 Å². The number of amides is 3. The molecule has 1 atom stereocenters. The first kappa shape index (κ1) is 24.2. The molecule has 1 fully saturated rings. The van der Waals surface area contributed by atoms with Gasteiger partial charge >= 0.3 is 0 Å². The Bertz CT molecular complexity index is 1410. The molecule has 196 valence electrons. The summed E-state index contributed by atoms with van der Waals surface area (Å²) in [7, 11) is 0. The van der Waals surface area contributed by atoms with Crippen LogP contribution in [0.2, 0.25) is 0 Å². The Balaban J connectivity index is 1.07. The first-order valence-corrected chi connectivity index (χ1v) is 12.7. The number of carbonyl (C=O) groups is 3.